The molecule has 0 aromatic carbocycles. The van der Waals surface area contributed by atoms with Gasteiger partial charge in [0, 0.05) is 30.8 Å². The lowest BCUT2D eigenvalue weighted by molar-refractivity contribution is -0.181. The number of ketones is 1. The zero-order valence-corrected chi connectivity index (χ0v) is 17.1. The second kappa shape index (κ2) is 5.30. The van der Waals surface area contributed by atoms with Crippen molar-refractivity contribution in [2.24, 2.45) is 46.3 Å². The van der Waals surface area contributed by atoms with E-state index < -0.39 is 0 Å². The van der Waals surface area contributed by atoms with Crippen molar-refractivity contribution in [3.8, 4) is 0 Å². The summed E-state index contributed by atoms with van der Waals surface area (Å²) >= 11 is 0. The fourth-order valence-electron chi connectivity index (χ4n) is 9.23. The van der Waals surface area contributed by atoms with E-state index in [0.717, 1.165) is 32.1 Å². The zero-order valence-electron chi connectivity index (χ0n) is 17.1. The minimum atomic E-state index is -0.232. The number of ether oxygens (including phenoxy) is 1. The number of aliphatic hydroxyl groups is 1. The molecular weight excluding hydrogens is 352 g/mol. The van der Waals surface area contributed by atoms with Gasteiger partial charge in [-0.3, -0.25) is 9.59 Å². The molecule has 9 atom stereocenters. The van der Waals surface area contributed by atoms with Gasteiger partial charge in [-0.1, -0.05) is 19.4 Å². The standard InChI is InChI=1S/C24H32O4/c1-22-6-3-15(26)10-14(22)9-13(12-25)20-17(22)4-7-23(2)21(20)16-11-18(16)24(23)8-5-19(27)28-24/h10,13,16-18,20-21,25H,3-9,11-12H2,1-2H3/t13-,16-,17+,18+,20-,21+,22+,23+,24+/m1/s1. The van der Waals surface area contributed by atoms with Crippen LogP contribution in [0.5, 0.6) is 0 Å². The average molecular weight is 385 g/mol. The topological polar surface area (TPSA) is 63.6 Å². The fourth-order valence-corrected chi connectivity index (χ4v) is 9.23. The summed E-state index contributed by atoms with van der Waals surface area (Å²) in [4.78, 5) is 24.3. The number of esters is 1. The largest absolute Gasteiger partial charge is 0.458 e. The van der Waals surface area contributed by atoms with Crippen molar-refractivity contribution in [2.75, 3.05) is 6.61 Å². The summed E-state index contributed by atoms with van der Waals surface area (Å²) in [6.07, 6.45) is 9.36. The normalized spacial score (nSPS) is 56.5. The third-order valence-corrected chi connectivity index (χ3v) is 10.5. The Morgan fingerprint density at radius 1 is 1.14 bits per heavy atom. The second-order valence-corrected chi connectivity index (χ2v) is 11.2. The molecule has 1 heterocycles. The number of hydrogen-bond donors (Lipinski definition) is 1. The molecule has 1 saturated heterocycles. The van der Waals surface area contributed by atoms with Crippen molar-refractivity contribution >= 4 is 11.8 Å². The van der Waals surface area contributed by atoms with E-state index in [9.17, 15) is 14.7 Å². The molecule has 1 aliphatic heterocycles. The van der Waals surface area contributed by atoms with Crippen LogP contribution in [0.25, 0.3) is 0 Å². The summed E-state index contributed by atoms with van der Waals surface area (Å²) in [6, 6.07) is 0. The lowest BCUT2D eigenvalue weighted by Crippen LogP contribution is -2.59. The number of carbonyl (C=O) groups excluding carboxylic acids is 2. The van der Waals surface area contributed by atoms with Crippen LogP contribution in [0.4, 0.5) is 0 Å². The maximum Gasteiger partial charge on any atom is 0.306 e. The number of allylic oxidation sites excluding steroid dienone is 1. The third kappa shape index (κ3) is 1.87. The van der Waals surface area contributed by atoms with Crippen LogP contribution in [0.1, 0.15) is 65.2 Å². The average Bonchev–Trinajstić information content (AvgIpc) is 3.30. The highest BCUT2D eigenvalue weighted by Crippen LogP contribution is 2.79. The smallest absolute Gasteiger partial charge is 0.306 e. The molecule has 4 nitrogen and oxygen atoms in total. The first-order valence-electron chi connectivity index (χ1n) is 11.4. The van der Waals surface area contributed by atoms with E-state index >= 15 is 0 Å². The highest BCUT2D eigenvalue weighted by molar-refractivity contribution is 5.91. The molecule has 152 valence electrons. The Hall–Kier alpha value is -1.16. The summed E-state index contributed by atoms with van der Waals surface area (Å²) in [5, 5.41) is 10.4. The van der Waals surface area contributed by atoms with E-state index in [1.807, 2.05) is 6.08 Å². The molecule has 0 bridgehead atoms. The molecule has 5 aliphatic carbocycles. The van der Waals surface area contributed by atoms with E-state index in [1.165, 1.54) is 12.0 Å². The minimum absolute atomic E-state index is 0.0000230. The van der Waals surface area contributed by atoms with Gasteiger partial charge < -0.3 is 9.84 Å². The van der Waals surface area contributed by atoms with Gasteiger partial charge in [0.15, 0.2) is 5.78 Å². The molecule has 0 aromatic heterocycles. The van der Waals surface area contributed by atoms with Gasteiger partial charge in [0.1, 0.15) is 5.60 Å². The lowest BCUT2D eigenvalue weighted by Gasteiger charge is -2.62. The van der Waals surface area contributed by atoms with Crippen molar-refractivity contribution in [2.45, 2.75) is 70.8 Å². The van der Waals surface area contributed by atoms with Crippen LogP contribution in [0, 0.1) is 46.3 Å². The van der Waals surface area contributed by atoms with Gasteiger partial charge in [-0.25, -0.2) is 0 Å². The molecule has 6 aliphatic rings. The van der Waals surface area contributed by atoms with Crippen LogP contribution in [0.15, 0.2) is 11.6 Å². The van der Waals surface area contributed by atoms with Gasteiger partial charge in [-0.15, -0.1) is 0 Å². The number of aliphatic hydroxyl groups excluding tert-OH is 1. The molecule has 0 amide bonds. The summed E-state index contributed by atoms with van der Waals surface area (Å²) in [7, 11) is 0. The molecule has 5 fully saturated rings. The molecule has 6 rings (SSSR count). The van der Waals surface area contributed by atoms with Crippen LogP contribution in [0.2, 0.25) is 0 Å². The summed E-state index contributed by atoms with van der Waals surface area (Å²) in [5.74, 6) is 3.31. The summed E-state index contributed by atoms with van der Waals surface area (Å²) < 4.78 is 6.17. The Balaban J connectivity index is 1.44. The molecule has 1 spiro atoms. The highest BCUT2D eigenvalue weighted by atomic mass is 16.6. The molecule has 0 aromatic rings. The quantitative estimate of drug-likeness (QED) is 0.701. The SMILES string of the molecule is C[C@]12CCC(=O)C=C1C[C@H](CO)[C@H]1[C@@H]3[C@@H]4C[C@@H]4[C@@]4(CCC(=O)O4)[C@@]3(C)CC[C@@H]12. The van der Waals surface area contributed by atoms with E-state index in [4.69, 9.17) is 4.74 Å². The van der Waals surface area contributed by atoms with Crippen molar-refractivity contribution < 1.29 is 19.4 Å². The Morgan fingerprint density at radius 2 is 1.96 bits per heavy atom. The van der Waals surface area contributed by atoms with E-state index in [2.05, 4.69) is 13.8 Å². The first kappa shape index (κ1) is 17.7. The van der Waals surface area contributed by atoms with Gasteiger partial charge in [0.05, 0.1) is 0 Å². The van der Waals surface area contributed by atoms with Crippen LogP contribution in [0.3, 0.4) is 0 Å². The molecular formula is C24H32O4. The van der Waals surface area contributed by atoms with Crippen molar-refractivity contribution in [1.29, 1.82) is 0 Å². The Kier molecular flexibility index (Phi) is 3.35. The highest BCUT2D eigenvalue weighted by Gasteiger charge is 2.79. The predicted octanol–water partition coefficient (Wildman–Crippen LogP) is 3.67. The first-order chi connectivity index (χ1) is 13.3. The van der Waals surface area contributed by atoms with Gasteiger partial charge in [-0.2, -0.15) is 0 Å². The Morgan fingerprint density at radius 3 is 2.68 bits per heavy atom. The number of carbonyl (C=O) groups is 2. The third-order valence-electron chi connectivity index (χ3n) is 10.5. The van der Waals surface area contributed by atoms with Gasteiger partial charge in [-0.05, 0) is 79.6 Å². The van der Waals surface area contributed by atoms with E-state index in [1.54, 1.807) is 0 Å². The zero-order chi connectivity index (χ0) is 19.5. The first-order valence-corrected chi connectivity index (χ1v) is 11.4. The Bertz CT molecular complexity index is 800. The number of rotatable bonds is 1. The predicted molar refractivity (Wildman–Crippen MR) is 103 cm³/mol. The second-order valence-electron chi connectivity index (χ2n) is 11.2. The van der Waals surface area contributed by atoms with Gasteiger partial charge in [0.25, 0.3) is 0 Å². The monoisotopic (exact) mass is 384 g/mol. The van der Waals surface area contributed by atoms with Crippen LogP contribution in [-0.2, 0) is 14.3 Å². The van der Waals surface area contributed by atoms with Crippen LogP contribution < -0.4 is 0 Å². The van der Waals surface area contributed by atoms with Crippen molar-refractivity contribution in [3.63, 3.8) is 0 Å². The molecule has 4 saturated carbocycles. The lowest BCUT2D eigenvalue weighted by atomic mass is 9.43. The van der Waals surface area contributed by atoms with E-state index in [0.29, 0.717) is 42.4 Å². The Labute approximate surface area is 167 Å². The molecule has 4 heteroatoms. The number of fused-ring (bicyclic) bond motifs is 9. The van der Waals surface area contributed by atoms with Crippen molar-refractivity contribution in [3.05, 3.63) is 11.6 Å². The fraction of sp³-hybridized carbons (Fsp3) is 0.833. The summed E-state index contributed by atoms with van der Waals surface area (Å²) in [6.45, 7) is 5.01. The summed E-state index contributed by atoms with van der Waals surface area (Å²) in [5.41, 5.74) is 1.24. The van der Waals surface area contributed by atoms with Crippen LogP contribution >= 0.6 is 0 Å². The van der Waals surface area contributed by atoms with E-state index in [-0.39, 0.29) is 40.7 Å². The maximum atomic E-state index is 12.2. The number of hydrogen-bond acceptors (Lipinski definition) is 4. The molecule has 28 heavy (non-hydrogen) atoms. The van der Waals surface area contributed by atoms with Gasteiger partial charge in [0.2, 0.25) is 0 Å². The molecule has 0 unspecified atom stereocenters. The maximum absolute atomic E-state index is 12.2. The van der Waals surface area contributed by atoms with Crippen LogP contribution in [-0.4, -0.2) is 29.1 Å². The molecule has 0 radical (unpaired) electrons. The molecule has 1 N–H and O–H groups in total. The minimum Gasteiger partial charge on any atom is -0.458 e. The van der Waals surface area contributed by atoms with Crippen molar-refractivity contribution in [1.82, 2.24) is 0 Å². The van der Waals surface area contributed by atoms with Gasteiger partial charge >= 0.3 is 5.97 Å².